The van der Waals surface area contributed by atoms with E-state index in [2.05, 4.69) is 4.98 Å². The summed E-state index contributed by atoms with van der Waals surface area (Å²) in [6.45, 7) is 2.71. The van der Waals surface area contributed by atoms with Gasteiger partial charge in [-0.3, -0.25) is 14.2 Å². The van der Waals surface area contributed by atoms with Crippen LogP contribution in [0.3, 0.4) is 0 Å². The number of aliphatic hydroxyl groups is 1. The minimum absolute atomic E-state index is 0.0775. The highest BCUT2D eigenvalue weighted by Gasteiger charge is 2.50. The van der Waals surface area contributed by atoms with Gasteiger partial charge in [-0.25, -0.2) is 4.79 Å². The van der Waals surface area contributed by atoms with Crippen LogP contribution < -0.4 is 17.2 Å². The fourth-order valence-corrected chi connectivity index (χ4v) is 4.34. The first-order chi connectivity index (χ1) is 14.0. The van der Waals surface area contributed by atoms with Crippen LogP contribution in [-0.4, -0.2) is 73.5 Å². The molecule has 0 aliphatic carbocycles. The van der Waals surface area contributed by atoms with Crippen molar-refractivity contribution in [2.45, 2.75) is 62.3 Å². The number of nitrogen functional groups attached to an aromatic ring is 1. The zero-order chi connectivity index (χ0) is 22.1. The average molecular weight is 423 g/mol. The van der Waals surface area contributed by atoms with Crippen LogP contribution in [0.5, 0.6) is 0 Å². The molecule has 0 bridgehead atoms. The van der Waals surface area contributed by atoms with Crippen LogP contribution in [0.25, 0.3) is 0 Å². The van der Waals surface area contributed by atoms with Crippen molar-refractivity contribution in [3.63, 3.8) is 0 Å². The van der Waals surface area contributed by atoms with Gasteiger partial charge in [0.15, 0.2) is 0 Å². The molecule has 0 unspecified atom stereocenters. The van der Waals surface area contributed by atoms with Gasteiger partial charge in [0, 0.05) is 32.1 Å². The predicted octanol–water partition coefficient (Wildman–Crippen LogP) is -0.909. The lowest BCUT2D eigenvalue weighted by atomic mass is 9.75. The van der Waals surface area contributed by atoms with E-state index in [1.165, 1.54) is 16.8 Å². The fraction of sp³-hybridized carbons (Fsp3) is 0.684. The summed E-state index contributed by atoms with van der Waals surface area (Å²) in [5, 5.41) is 20.0. The largest absolute Gasteiger partial charge is 0.480 e. The summed E-state index contributed by atoms with van der Waals surface area (Å²) in [6, 6.07) is -0.145. The standard InChI is InChI=1S/C19H29N5O6/c1-18(29)11-19(30-10-13(18)24-7-4-14(21)22-17(24)28)5-8-23(9-6-19)15(25)3-2-12(20)16(26)27/h4,7,12-13,29H,2-3,5-6,8-11,20H2,1H3,(H,26,27)(H2,21,22,28)/t12-,13-,18-/m1/s1. The van der Waals surface area contributed by atoms with Gasteiger partial charge in [0.05, 0.1) is 23.9 Å². The second kappa shape index (κ2) is 8.32. The number of likely N-dealkylation sites (tertiary alicyclic amines) is 1. The molecule has 1 amide bonds. The molecule has 1 spiro atoms. The molecule has 2 aliphatic heterocycles. The first-order valence-corrected chi connectivity index (χ1v) is 10.0. The van der Waals surface area contributed by atoms with Gasteiger partial charge in [0.25, 0.3) is 0 Å². The number of carboxylic acid groups (broad SMARTS) is 1. The SMILES string of the molecule is C[C@@]1(O)CC2(CCN(C(=O)CC[C@@H](N)C(=O)O)CC2)OC[C@H]1n1ccc(N)nc1=O. The van der Waals surface area contributed by atoms with Crippen LogP contribution in [0.15, 0.2) is 17.1 Å². The molecule has 30 heavy (non-hydrogen) atoms. The Labute approximate surface area is 173 Å². The summed E-state index contributed by atoms with van der Waals surface area (Å²) in [7, 11) is 0. The molecule has 0 radical (unpaired) electrons. The number of amides is 1. The molecule has 166 valence electrons. The van der Waals surface area contributed by atoms with Gasteiger partial charge >= 0.3 is 11.7 Å². The summed E-state index contributed by atoms with van der Waals surface area (Å²) < 4.78 is 7.48. The van der Waals surface area contributed by atoms with Crippen LogP contribution in [0.2, 0.25) is 0 Å². The highest BCUT2D eigenvalue weighted by atomic mass is 16.5. The molecule has 11 heteroatoms. The number of carboxylic acids is 1. The zero-order valence-electron chi connectivity index (χ0n) is 17.0. The number of carbonyl (C=O) groups excluding carboxylic acids is 1. The maximum atomic E-state index is 12.4. The molecule has 1 aromatic rings. The first kappa shape index (κ1) is 22.2. The number of nitrogens with two attached hydrogens (primary N) is 2. The van der Waals surface area contributed by atoms with E-state index in [9.17, 15) is 19.5 Å². The van der Waals surface area contributed by atoms with Crippen molar-refractivity contribution in [3.05, 3.63) is 22.7 Å². The van der Waals surface area contributed by atoms with Crippen molar-refractivity contribution in [2.75, 3.05) is 25.4 Å². The number of ether oxygens (including phenoxy) is 1. The van der Waals surface area contributed by atoms with Gasteiger partial charge in [-0.1, -0.05) is 0 Å². The van der Waals surface area contributed by atoms with E-state index in [1.54, 1.807) is 11.8 Å². The smallest absolute Gasteiger partial charge is 0.349 e. The summed E-state index contributed by atoms with van der Waals surface area (Å²) >= 11 is 0. The van der Waals surface area contributed by atoms with Crippen LogP contribution in [0, 0.1) is 0 Å². The topological polar surface area (TPSA) is 174 Å². The van der Waals surface area contributed by atoms with Gasteiger partial charge in [0.1, 0.15) is 11.9 Å². The Morgan fingerprint density at radius 1 is 1.40 bits per heavy atom. The van der Waals surface area contributed by atoms with Gasteiger partial charge < -0.3 is 31.3 Å². The van der Waals surface area contributed by atoms with Crippen molar-refractivity contribution in [1.29, 1.82) is 0 Å². The summed E-state index contributed by atoms with van der Waals surface area (Å²) in [5.41, 5.74) is 8.67. The number of carbonyl (C=O) groups is 2. The Balaban J connectivity index is 1.60. The van der Waals surface area contributed by atoms with E-state index in [4.69, 9.17) is 21.3 Å². The summed E-state index contributed by atoms with van der Waals surface area (Å²) in [5.74, 6) is -1.14. The summed E-state index contributed by atoms with van der Waals surface area (Å²) in [6.07, 6.45) is 3.08. The van der Waals surface area contributed by atoms with E-state index in [0.717, 1.165) is 0 Å². The predicted molar refractivity (Wildman–Crippen MR) is 107 cm³/mol. The quantitative estimate of drug-likeness (QED) is 0.467. The molecule has 0 saturated carbocycles. The monoisotopic (exact) mass is 423 g/mol. The Hall–Kier alpha value is -2.50. The molecule has 1 aromatic heterocycles. The number of aliphatic carboxylic acids is 1. The van der Waals surface area contributed by atoms with Gasteiger partial charge in [0.2, 0.25) is 5.91 Å². The van der Waals surface area contributed by atoms with E-state index in [0.29, 0.717) is 32.4 Å². The van der Waals surface area contributed by atoms with Gasteiger partial charge in [-0.15, -0.1) is 0 Å². The van der Waals surface area contributed by atoms with Crippen molar-refractivity contribution in [3.8, 4) is 0 Å². The molecule has 2 aliphatic rings. The molecule has 3 atom stereocenters. The maximum absolute atomic E-state index is 12.4. The second-order valence-corrected chi connectivity index (χ2v) is 8.45. The maximum Gasteiger partial charge on any atom is 0.349 e. The molecular weight excluding hydrogens is 394 g/mol. The van der Waals surface area contributed by atoms with Crippen LogP contribution >= 0.6 is 0 Å². The normalized spacial score (nSPS) is 27.0. The van der Waals surface area contributed by atoms with Crippen molar-refractivity contribution in [2.24, 2.45) is 5.73 Å². The van der Waals surface area contributed by atoms with Crippen molar-refractivity contribution >= 4 is 17.7 Å². The Morgan fingerprint density at radius 2 is 2.07 bits per heavy atom. The third kappa shape index (κ3) is 4.63. The second-order valence-electron chi connectivity index (χ2n) is 8.45. The number of nitrogens with zero attached hydrogens (tertiary/aromatic N) is 3. The molecule has 6 N–H and O–H groups in total. The van der Waals surface area contributed by atoms with Crippen LogP contribution in [0.1, 0.15) is 45.1 Å². The zero-order valence-corrected chi connectivity index (χ0v) is 17.0. The lowest BCUT2D eigenvalue weighted by Gasteiger charge is -2.51. The first-order valence-electron chi connectivity index (χ1n) is 10.0. The van der Waals surface area contributed by atoms with Crippen LogP contribution in [0.4, 0.5) is 5.82 Å². The Bertz CT molecular complexity index is 861. The van der Waals surface area contributed by atoms with Crippen molar-refractivity contribution < 1.29 is 24.5 Å². The molecule has 11 nitrogen and oxygen atoms in total. The molecular formula is C19H29N5O6. The highest BCUT2D eigenvalue weighted by molar-refractivity contribution is 5.78. The molecule has 2 saturated heterocycles. The molecule has 0 aromatic carbocycles. The molecule has 2 fully saturated rings. The third-order valence-corrected chi connectivity index (χ3v) is 6.15. The average Bonchev–Trinajstić information content (AvgIpc) is 2.66. The van der Waals surface area contributed by atoms with Crippen LogP contribution in [-0.2, 0) is 14.3 Å². The molecule has 3 rings (SSSR count). The molecule has 3 heterocycles. The highest BCUT2D eigenvalue weighted by Crippen LogP contribution is 2.43. The number of anilines is 1. The third-order valence-electron chi connectivity index (χ3n) is 6.15. The Morgan fingerprint density at radius 3 is 2.63 bits per heavy atom. The minimum atomic E-state index is -1.21. The fourth-order valence-electron chi connectivity index (χ4n) is 4.34. The number of piperidine rings is 1. The lowest BCUT2D eigenvalue weighted by Crippen LogP contribution is -2.59. The van der Waals surface area contributed by atoms with E-state index in [1.807, 2.05) is 0 Å². The number of rotatable bonds is 5. The lowest BCUT2D eigenvalue weighted by molar-refractivity contribution is -0.198. The number of hydrogen-bond acceptors (Lipinski definition) is 8. The Kier molecular flexibility index (Phi) is 6.16. The van der Waals surface area contributed by atoms with E-state index >= 15 is 0 Å². The van der Waals surface area contributed by atoms with E-state index < -0.39 is 34.9 Å². The van der Waals surface area contributed by atoms with Gasteiger partial charge in [-0.2, -0.15) is 4.98 Å². The van der Waals surface area contributed by atoms with Gasteiger partial charge in [-0.05, 0) is 32.3 Å². The summed E-state index contributed by atoms with van der Waals surface area (Å²) in [4.78, 5) is 40.7. The van der Waals surface area contributed by atoms with Crippen molar-refractivity contribution in [1.82, 2.24) is 14.5 Å². The number of hydrogen-bond donors (Lipinski definition) is 4. The minimum Gasteiger partial charge on any atom is -0.480 e. The van der Waals surface area contributed by atoms with E-state index in [-0.39, 0.29) is 31.2 Å². The number of aromatic nitrogens is 2.